The lowest BCUT2D eigenvalue weighted by molar-refractivity contribution is -0.308. The molecule has 1 atom stereocenters. The van der Waals surface area contributed by atoms with Crippen molar-refractivity contribution in [2.75, 3.05) is 5.32 Å². The summed E-state index contributed by atoms with van der Waals surface area (Å²) < 4.78 is 0. The zero-order valence-corrected chi connectivity index (χ0v) is 11.8. The fourth-order valence-corrected chi connectivity index (χ4v) is 2.15. The summed E-state index contributed by atoms with van der Waals surface area (Å²) in [4.78, 5) is 23.2. The third-order valence-corrected chi connectivity index (χ3v) is 3.35. The number of aliphatic carboxylic acids is 1. The Morgan fingerprint density at radius 1 is 1.05 bits per heavy atom. The number of benzene rings is 2. The Kier molecular flexibility index (Phi) is 4.95. The standard InChI is InChI=1S/C16H14ClNO3/c17-13-8-4-5-9-14(13)18-15(19)10-12(16(20)21)11-6-2-1-3-7-11/h1-9,12H,10H2,(H,18,19)(H,20,21)/p-1/t12-/m1/s1. The van der Waals surface area contributed by atoms with E-state index in [1.165, 1.54) is 0 Å². The molecule has 5 heteroatoms. The molecule has 0 aliphatic carbocycles. The van der Waals surface area contributed by atoms with Crippen LogP contribution in [0.2, 0.25) is 5.02 Å². The number of halogens is 1. The second-order valence-electron chi connectivity index (χ2n) is 4.51. The molecule has 2 rings (SSSR count). The molecule has 0 aliphatic rings. The minimum absolute atomic E-state index is 0.211. The number of nitrogens with one attached hydrogen (secondary N) is 1. The van der Waals surface area contributed by atoms with Crippen LogP contribution in [0.1, 0.15) is 17.9 Å². The summed E-state index contributed by atoms with van der Waals surface area (Å²) in [5.74, 6) is -2.70. The maximum absolute atomic E-state index is 12.0. The molecule has 21 heavy (non-hydrogen) atoms. The van der Waals surface area contributed by atoms with Gasteiger partial charge in [0, 0.05) is 18.3 Å². The lowest BCUT2D eigenvalue weighted by Crippen LogP contribution is -2.32. The van der Waals surface area contributed by atoms with E-state index in [9.17, 15) is 14.7 Å². The van der Waals surface area contributed by atoms with Crippen LogP contribution in [0.25, 0.3) is 0 Å². The van der Waals surface area contributed by atoms with Crippen molar-refractivity contribution in [3.05, 3.63) is 65.2 Å². The SMILES string of the molecule is O=C(C[C@@H](C(=O)[O-])c1ccccc1)Nc1ccccc1Cl. The van der Waals surface area contributed by atoms with Crippen molar-refractivity contribution >= 4 is 29.2 Å². The normalized spacial score (nSPS) is 11.7. The topological polar surface area (TPSA) is 69.2 Å². The molecule has 0 aliphatic heterocycles. The molecule has 0 radical (unpaired) electrons. The van der Waals surface area contributed by atoms with Gasteiger partial charge in [-0.25, -0.2) is 0 Å². The van der Waals surface area contributed by atoms with Crippen LogP contribution < -0.4 is 10.4 Å². The molecule has 108 valence electrons. The van der Waals surface area contributed by atoms with Gasteiger partial charge in [0.2, 0.25) is 5.91 Å². The molecule has 2 aromatic carbocycles. The lowest BCUT2D eigenvalue weighted by Gasteiger charge is -2.18. The largest absolute Gasteiger partial charge is 0.549 e. The van der Waals surface area contributed by atoms with Crippen molar-refractivity contribution in [3.63, 3.8) is 0 Å². The number of anilines is 1. The highest BCUT2D eigenvalue weighted by Gasteiger charge is 2.17. The van der Waals surface area contributed by atoms with Gasteiger partial charge in [0.1, 0.15) is 0 Å². The van der Waals surface area contributed by atoms with Gasteiger partial charge in [-0.3, -0.25) is 4.79 Å². The van der Waals surface area contributed by atoms with E-state index in [0.29, 0.717) is 16.3 Å². The highest BCUT2D eigenvalue weighted by molar-refractivity contribution is 6.33. The zero-order chi connectivity index (χ0) is 15.2. The van der Waals surface area contributed by atoms with Crippen LogP contribution in [0, 0.1) is 0 Å². The average molecular weight is 303 g/mol. The van der Waals surface area contributed by atoms with Crippen molar-refractivity contribution < 1.29 is 14.7 Å². The minimum atomic E-state index is -1.28. The molecule has 0 saturated carbocycles. The Balaban J connectivity index is 2.10. The average Bonchev–Trinajstić information content (AvgIpc) is 2.48. The number of para-hydroxylation sites is 1. The van der Waals surface area contributed by atoms with Gasteiger partial charge >= 0.3 is 0 Å². The molecule has 0 heterocycles. The molecule has 0 bridgehead atoms. The maximum atomic E-state index is 12.0. The Morgan fingerprint density at radius 3 is 2.29 bits per heavy atom. The Morgan fingerprint density at radius 2 is 1.67 bits per heavy atom. The second-order valence-corrected chi connectivity index (χ2v) is 4.92. The molecule has 1 N–H and O–H groups in total. The summed E-state index contributed by atoms with van der Waals surface area (Å²) in [6.07, 6.45) is -0.211. The van der Waals surface area contributed by atoms with Crippen LogP contribution >= 0.6 is 11.6 Å². The number of carboxylic acid groups (broad SMARTS) is 1. The molecule has 2 aromatic rings. The summed E-state index contributed by atoms with van der Waals surface area (Å²) in [7, 11) is 0. The fraction of sp³-hybridized carbons (Fsp3) is 0.125. The van der Waals surface area contributed by atoms with Crippen molar-refractivity contribution in [3.8, 4) is 0 Å². The first-order valence-corrected chi connectivity index (χ1v) is 6.76. The molecule has 0 spiro atoms. The van der Waals surface area contributed by atoms with Gasteiger partial charge in [-0.1, -0.05) is 54.1 Å². The molecule has 0 unspecified atom stereocenters. The van der Waals surface area contributed by atoms with E-state index < -0.39 is 17.8 Å². The van der Waals surface area contributed by atoms with E-state index in [1.807, 2.05) is 0 Å². The monoisotopic (exact) mass is 302 g/mol. The van der Waals surface area contributed by atoms with Crippen LogP contribution in [-0.2, 0) is 9.59 Å². The van der Waals surface area contributed by atoms with Crippen LogP contribution in [0.15, 0.2) is 54.6 Å². The van der Waals surface area contributed by atoms with E-state index in [0.717, 1.165) is 0 Å². The van der Waals surface area contributed by atoms with E-state index in [-0.39, 0.29) is 6.42 Å². The van der Waals surface area contributed by atoms with E-state index >= 15 is 0 Å². The summed E-state index contributed by atoms with van der Waals surface area (Å²) in [5, 5.41) is 14.2. The first kappa shape index (κ1) is 15.1. The van der Waals surface area contributed by atoms with Gasteiger partial charge in [0.25, 0.3) is 0 Å². The number of carbonyl (C=O) groups excluding carboxylic acids is 2. The van der Waals surface area contributed by atoms with Gasteiger partial charge in [0.15, 0.2) is 0 Å². The van der Waals surface area contributed by atoms with Gasteiger partial charge in [0.05, 0.1) is 10.7 Å². The Labute approximate surface area is 127 Å². The maximum Gasteiger partial charge on any atom is 0.225 e. The van der Waals surface area contributed by atoms with Crippen molar-refractivity contribution in [1.29, 1.82) is 0 Å². The smallest absolute Gasteiger partial charge is 0.225 e. The number of amides is 1. The highest BCUT2D eigenvalue weighted by Crippen LogP contribution is 2.23. The third kappa shape index (κ3) is 4.07. The number of hydrogen-bond donors (Lipinski definition) is 1. The molecule has 1 amide bonds. The predicted octanol–water partition coefficient (Wildman–Crippen LogP) is 2.20. The molecule has 4 nitrogen and oxygen atoms in total. The predicted molar refractivity (Wildman–Crippen MR) is 78.9 cm³/mol. The zero-order valence-electron chi connectivity index (χ0n) is 11.1. The quantitative estimate of drug-likeness (QED) is 0.920. The Hall–Kier alpha value is -2.33. The highest BCUT2D eigenvalue weighted by atomic mass is 35.5. The van der Waals surface area contributed by atoms with Crippen LogP contribution in [-0.4, -0.2) is 11.9 Å². The van der Waals surface area contributed by atoms with Crippen LogP contribution in [0.4, 0.5) is 5.69 Å². The van der Waals surface area contributed by atoms with Crippen LogP contribution in [0.3, 0.4) is 0 Å². The fourth-order valence-electron chi connectivity index (χ4n) is 1.97. The summed E-state index contributed by atoms with van der Waals surface area (Å²) in [6, 6.07) is 15.3. The number of carbonyl (C=O) groups is 2. The first-order valence-electron chi connectivity index (χ1n) is 6.38. The number of carboxylic acids is 1. The third-order valence-electron chi connectivity index (χ3n) is 3.02. The molecular weight excluding hydrogens is 290 g/mol. The van der Waals surface area contributed by atoms with Gasteiger partial charge in [-0.15, -0.1) is 0 Å². The molecule has 0 aromatic heterocycles. The number of hydrogen-bond acceptors (Lipinski definition) is 3. The van der Waals surface area contributed by atoms with Gasteiger partial charge < -0.3 is 15.2 Å². The molecule has 0 saturated heterocycles. The van der Waals surface area contributed by atoms with Crippen molar-refractivity contribution in [2.45, 2.75) is 12.3 Å². The second kappa shape index (κ2) is 6.90. The molecule has 0 fully saturated rings. The number of rotatable bonds is 5. The van der Waals surface area contributed by atoms with Crippen molar-refractivity contribution in [1.82, 2.24) is 0 Å². The van der Waals surface area contributed by atoms with E-state index in [4.69, 9.17) is 11.6 Å². The van der Waals surface area contributed by atoms with E-state index in [2.05, 4.69) is 5.32 Å². The van der Waals surface area contributed by atoms with Crippen molar-refractivity contribution in [2.24, 2.45) is 0 Å². The van der Waals surface area contributed by atoms with E-state index in [1.54, 1.807) is 54.6 Å². The summed E-state index contributed by atoms with van der Waals surface area (Å²) in [5.41, 5.74) is 0.987. The van der Waals surface area contributed by atoms with Gasteiger partial charge in [-0.2, -0.15) is 0 Å². The minimum Gasteiger partial charge on any atom is -0.549 e. The Bertz CT molecular complexity index is 643. The lowest BCUT2D eigenvalue weighted by atomic mass is 9.95. The van der Waals surface area contributed by atoms with Crippen LogP contribution in [0.5, 0.6) is 0 Å². The summed E-state index contributed by atoms with van der Waals surface area (Å²) >= 11 is 5.94. The first-order chi connectivity index (χ1) is 10.1. The molecular formula is C16H13ClNO3-. The summed E-state index contributed by atoms with van der Waals surface area (Å²) in [6.45, 7) is 0. The van der Waals surface area contributed by atoms with Gasteiger partial charge in [-0.05, 0) is 17.7 Å².